The van der Waals surface area contributed by atoms with E-state index in [0.29, 0.717) is 32.1 Å². The van der Waals surface area contributed by atoms with Crippen molar-refractivity contribution in [2.45, 2.75) is 191 Å². The molecule has 0 aromatic heterocycles. The van der Waals surface area contributed by atoms with Crippen molar-refractivity contribution in [1.82, 2.24) is 0 Å². The van der Waals surface area contributed by atoms with Crippen molar-refractivity contribution in [3.8, 4) is 0 Å². The standard InChI is InChI=1S/C37H67O16P/c1-2-3-4-5-6-7-8-9-10-11-12-15-18-21-30(41)50-25-28(52-31(42)22-19-16-13-14-17-20-27(38)23-24-29(39)40)26-51-54(48,49)53-37-35(46)33(44)32(43)34(45)36(37)47/h23-24,27-28,32-38,43-47H,2-22,25-26H2,1H3,(H,39,40)(H,48,49)/b24-23+/t27?,28-,32?,33-,34?,35?,36?,37?/m1/s1. The van der Waals surface area contributed by atoms with Gasteiger partial charge >= 0.3 is 25.7 Å². The quantitative estimate of drug-likeness (QED) is 0.0207. The molecule has 316 valence electrons. The van der Waals surface area contributed by atoms with Crippen LogP contribution >= 0.6 is 7.82 Å². The highest BCUT2D eigenvalue weighted by molar-refractivity contribution is 7.47. The number of carboxylic acids is 1. The van der Waals surface area contributed by atoms with Crippen LogP contribution < -0.4 is 0 Å². The third-order valence-corrected chi connectivity index (χ3v) is 10.3. The van der Waals surface area contributed by atoms with Crippen LogP contribution in [0.15, 0.2) is 12.2 Å². The molecule has 7 unspecified atom stereocenters. The lowest BCUT2D eigenvalue weighted by Gasteiger charge is -2.41. The van der Waals surface area contributed by atoms with E-state index in [-0.39, 0.29) is 12.8 Å². The number of carboxylic acid groups (broad SMARTS) is 1. The second-order valence-corrected chi connectivity index (χ2v) is 15.6. The van der Waals surface area contributed by atoms with Crippen molar-refractivity contribution in [1.29, 1.82) is 0 Å². The van der Waals surface area contributed by atoms with Gasteiger partial charge in [-0.25, -0.2) is 9.36 Å². The fraction of sp³-hybridized carbons (Fsp3) is 0.865. The molecule has 0 bridgehead atoms. The minimum absolute atomic E-state index is 0.0285. The van der Waals surface area contributed by atoms with Gasteiger partial charge < -0.3 is 50.1 Å². The van der Waals surface area contributed by atoms with E-state index in [1.807, 2.05) is 0 Å². The summed E-state index contributed by atoms with van der Waals surface area (Å²) in [6.45, 7) is 0.917. The number of aliphatic carboxylic acids is 1. The summed E-state index contributed by atoms with van der Waals surface area (Å²) in [6, 6.07) is 0. The fourth-order valence-corrected chi connectivity index (χ4v) is 7.00. The maximum atomic E-state index is 12.7. The van der Waals surface area contributed by atoms with Crippen LogP contribution in [0.3, 0.4) is 0 Å². The zero-order valence-electron chi connectivity index (χ0n) is 31.8. The van der Waals surface area contributed by atoms with Crippen LogP contribution in [0.5, 0.6) is 0 Å². The second-order valence-electron chi connectivity index (χ2n) is 14.1. The van der Waals surface area contributed by atoms with Crippen molar-refractivity contribution >= 4 is 25.7 Å². The highest BCUT2D eigenvalue weighted by atomic mass is 31.2. The molecule has 0 spiro atoms. The molecule has 1 aliphatic carbocycles. The minimum Gasteiger partial charge on any atom is -0.478 e. The van der Waals surface area contributed by atoms with Gasteiger partial charge in [-0.1, -0.05) is 110 Å². The largest absolute Gasteiger partial charge is 0.478 e. The first kappa shape index (κ1) is 50.0. The van der Waals surface area contributed by atoms with Crippen LogP contribution in [0.25, 0.3) is 0 Å². The number of carbonyl (C=O) groups excluding carboxylic acids is 2. The first-order valence-corrected chi connectivity index (χ1v) is 21.2. The highest BCUT2D eigenvalue weighted by Gasteiger charge is 2.51. The van der Waals surface area contributed by atoms with Crippen LogP contribution in [-0.2, 0) is 37.5 Å². The maximum Gasteiger partial charge on any atom is 0.472 e. The van der Waals surface area contributed by atoms with Crippen LogP contribution in [0.4, 0.5) is 0 Å². The van der Waals surface area contributed by atoms with Crippen molar-refractivity contribution in [3.05, 3.63) is 12.2 Å². The van der Waals surface area contributed by atoms with E-state index < -0.39 is 87.8 Å². The number of phosphoric ester groups is 1. The summed E-state index contributed by atoms with van der Waals surface area (Å²) in [4.78, 5) is 45.9. The zero-order chi connectivity index (χ0) is 40.4. The first-order valence-electron chi connectivity index (χ1n) is 19.7. The average Bonchev–Trinajstić information content (AvgIpc) is 3.13. The predicted molar refractivity (Wildman–Crippen MR) is 197 cm³/mol. The Hall–Kier alpha value is -1.98. The number of carbonyl (C=O) groups is 3. The van der Waals surface area contributed by atoms with Gasteiger partial charge in [-0.3, -0.25) is 18.6 Å². The summed E-state index contributed by atoms with van der Waals surface area (Å²) in [7, 11) is -5.16. The van der Waals surface area contributed by atoms with Gasteiger partial charge in [-0.15, -0.1) is 0 Å². The van der Waals surface area contributed by atoms with Crippen molar-refractivity contribution in [2.75, 3.05) is 13.2 Å². The number of aliphatic hydroxyl groups excluding tert-OH is 6. The topological polar surface area (TPSA) is 267 Å². The normalized spacial score (nSPS) is 23.9. The number of hydrogen-bond donors (Lipinski definition) is 8. The Kier molecular flexibility index (Phi) is 27.1. The van der Waals surface area contributed by atoms with Gasteiger partial charge in [0.2, 0.25) is 0 Å². The van der Waals surface area contributed by atoms with Crippen LogP contribution in [0.2, 0.25) is 0 Å². The number of esters is 2. The Balaban J connectivity index is 2.54. The molecule has 9 atom stereocenters. The van der Waals surface area contributed by atoms with Gasteiger partial charge in [0, 0.05) is 18.9 Å². The summed E-state index contributed by atoms with van der Waals surface area (Å²) in [5, 5.41) is 68.2. The summed E-state index contributed by atoms with van der Waals surface area (Å²) < 4.78 is 33.1. The molecule has 0 radical (unpaired) electrons. The van der Waals surface area contributed by atoms with Gasteiger partial charge in [-0.05, 0) is 25.3 Å². The summed E-state index contributed by atoms with van der Waals surface area (Å²) in [5.74, 6) is -2.39. The lowest BCUT2D eigenvalue weighted by atomic mass is 9.85. The second kappa shape index (κ2) is 29.3. The molecule has 17 heteroatoms. The molecule has 0 amide bonds. The third-order valence-electron chi connectivity index (χ3n) is 9.31. The summed E-state index contributed by atoms with van der Waals surface area (Å²) in [5.41, 5.74) is 0. The number of rotatable bonds is 32. The van der Waals surface area contributed by atoms with E-state index in [0.717, 1.165) is 44.6 Å². The Labute approximate surface area is 319 Å². The van der Waals surface area contributed by atoms with E-state index >= 15 is 0 Å². The monoisotopic (exact) mass is 798 g/mol. The Morgan fingerprint density at radius 3 is 1.59 bits per heavy atom. The average molecular weight is 799 g/mol. The smallest absolute Gasteiger partial charge is 0.472 e. The van der Waals surface area contributed by atoms with E-state index in [9.17, 15) is 54.5 Å². The first-order chi connectivity index (χ1) is 25.7. The van der Waals surface area contributed by atoms with Crippen LogP contribution in [-0.4, -0.2) is 121 Å². The van der Waals surface area contributed by atoms with Crippen molar-refractivity contribution in [2.24, 2.45) is 0 Å². The molecule has 1 saturated carbocycles. The Morgan fingerprint density at radius 2 is 1.09 bits per heavy atom. The zero-order valence-corrected chi connectivity index (χ0v) is 32.7. The summed E-state index contributed by atoms with van der Waals surface area (Å²) >= 11 is 0. The Bertz CT molecular complexity index is 1090. The summed E-state index contributed by atoms with van der Waals surface area (Å²) in [6.07, 6.45) is 6.35. The minimum atomic E-state index is -5.16. The van der Waals surface area contributed by atoms with Crippen LogP contribution in [0.1, 0.15) is 142 Å². The third kappa shape index (κ3) is 23.2. The SMILES string of the molecule is CCCCCCCCCCCCCCCC(=O)OC[C@H](COP(=O)(O)OC1C(O)C(O)C(O)[C@@H](O)C1O)OC(=O)CCCCCCCC(O)/C=C/C(=O)O. The number of aliphatic hydroxyl groups is 6. The molecule has 16 nitrogen and oxygen atoms in total. The number of ether oxygens (including phenoxy) is 2. The molecule has 1 rings (SSSR count). The fourth-order valence-electron chi connectivity index (χ4n) is 6.03. The molecule has 0 aromatic carbocycles. The molecule has 0 saturated heterocycles. The molecular formula is C37H67O16P. The molecule has 0 aromatic rings. The molecule has 8 N–H and O–H groups in total. The van der Waals surface area contributed by atoms with Gasteiger partial charge in [0.05, 0.1) is 12.7 Å². The number of phosphoric acid groups is 1. The molecule has 54 heavy (non-hydrogen) atoms. The maximum absolute atomic E-state index is 12.7. The van der Waals surface area contributed by atoms with E-state index in [1.165, 1.54) is 57.4 Å². The van der Waals surface area contributed by atoms with Gasteiger partial charge in [0.25, 0.3) is 0 Å². The Morgan fingerprint density at radius 1 is 0.648 bits per heavy atom. The molecule has 1 aliphatic rings. The van der Waals surface area contributed by atoms with Gasteiger partial charge in [0.1, 0.15) is 43.2 Å². The lowest BCUT2D eigenvalue weighted by Crippen LogP contribution is -2.64. The number of unbranched alkanes of at least 4 members (excludes halogenated alkanes) is 16. The van der Waals surface area contributed by atoms with E-state index in [1.54, 1.807) is 0 Å². The molecule has 0 heterocycles. The highest BCUT2D eigenvalue weighted by Crippen LogP contribution is 2.47. The molecular weight excluding hydrogens is 731 g/mol. The lowest BCUT2D eigenvalue weighted by molar-refractivity contribution is -0.220. The predicted octanol–water partition coefficient (Wildman–Crippen LogP) is 3.98. The number of hydrogen-bond acceptors (Lipinski definition) is 14. The van der Waals surface area contributed by atoms with E-state index in [2.05, 4.69) is 6.92 Å². The molecule has 0 aliphatic heterocycles. The van der Waals surface area contributed by atoms with Gasteiger partial charge in [-0.2, -0.15) is 0 Å². The van der Waals surface area contributed by atoms with E-state index in [4.69, 9.17) is 23.6 Å². The molecule has 1 fully saturated rings. The van der Waals surface area contributed by atoms with Gasteiger partial charge in [0.15, 0.2) is 6.10 Å². The van der Waals surface area contributed by atoms with Crippen LogP contribution in [0, 0.1) is 0 Å². The van der Waals surface area contributed by atoms with Crippen molar-refractivity contribution < 1.29 is 78.1 Å². The van der Waals surface area contributed by atoms with Crippen molar-refractivity contribution in [3.63, 3.8) is 0 Å².